The van der Waals surface area contributed by atoms with Crippen molar-refractivity contribution in [2.24, 2.45) is 0 Å². The maximum absolute atomic E-state index is 12.5. The van der Waals surface area contributed by atoms with Gasteiger partial charge in [0.15, 0.2) is 9.84 Å². The number of furan rings is 1. The van der Waals surface area contributed by atoms with Crippen molar-refractivity contribution in [3.05, 3.63) is 83.8 Å². The van der Waals surface area contributed by atoms with Gasteiger partial charge in [0, 0.05) is 5.56 Å². The average Bonchev–Trinajstić information content (AvgIpc) is 3.10. The summed E-state index contributed by atoms with van der Waals surface area (Å²) in [5.41, 5.74) is 1.39. The van der Waals surface area contributed by atoms with Crippen LogP contribution in [-0.2, 0) is 22.0 Å². The number of ether oxygens (including phenoxy) is 1. The number of rotatable bonds is 6. The predicted molar refractivity (Wildman–Crippen MR) is 96.8 cm³/mol. The Morgan fingerprint density at radius 1 is 1.00 bits per heavy atom. The van der Waals surface area contributed by atoms with Crippen molar-refractivity contribution in [3.8, 4) is 5.75 Å². The molecule has 1 aromatic heterocycles. The van der Waals surface area contributed by atoms with Crippen LogP contribution in [0.1, 0.15) is 28.6 Å². The Hall–Kier alpha value is -2.86. The zero-order valence-corrected chi connectivity index (χ0v) is 15.0. The summed E-state index contributed by atoms with van der Waals surface area (Å²) in [7, 11) is -3.59. The molecular weight excluding hydrogens is 352 g/mol. The van der Waals surface area contributed by atoms with Crippen LogP contribution in [-0.4, -0.2) is 14.4 Å². The molecule has 0 N–H and O–H groups in total. The van der Waals surface area contributed by atoms with Gasteiger partial charge >= 0.3 is 5.97 Å². The lowest BCUT2D eigenvalue weighted by Gasteiger charge is -2.06. The minimum atomic E-state index is -3.59. The van der Waals surface area contributed by atoms with Crippen molar-refractivity contribution in [3.63, 3.8) is 0 Å². The van der Waals surface area contributed by atoms with Crippen molar-refractivity contribution in [2.75, 3.05) is 0 Å². The first-order valence-electron chi connectivity index (χ1n) is 8.15. The van der Waals surface area contributed by atoms with Gasteiger partial charge < -0.3 is 9.15 Å². The first kappa shape index (κ1) is 17.9. The summed E-state index contributed by atoms with van der Waals surface area (Å²) in [5, 5.41) is 0. The van der Waals surface area contributed by atoms with Crippen LogP contribution in [0.3, 0.4) is 0 Å². The summed E-state index contributed by atoms with van der Waals surface area (Å²) in [6.45, 7) is 2.03. The molecule has 134 valence electrons. The van der Waals surface area contributed by atoms with Crippen molar-refractivity contribution in [2.45, 2.75) is 24.0 Å². The predicted octanol–water partition coefficient (Wildman–Crippen LogP) is 4.04. The molecule has 0 aliphatic heterocycles. The summed E-state index contributed by atoms with van der Waals surface area (Å²) in [5.74, 6) is -0.797. The van der Waals surface area contributed by atoms with Crippen LogP contribution >= 0.6 is 0 Å². The molecule has 3 rings (SSSR count). The fourth-order valence-electron chi connectivity index (χ4n) is 2.49. The molecule has 1 heterocycles. The molecular formula is C20H18O5S. The minimum Gasteiger partial charge on any atom is -0.457 e. The lowest BCUT2D eigenvalue weighted by molar-refractivity contribution is 0.0700. The minimum absolute atomic E-state index is 0.107. The van der Waals surface area contributed by atoms with Crippen LogP contribution in [0.4, 0.5) is 0 Å². The van der Waals surface area contributed by atoms with E-state index in [4.69, 9.17) is 9.15 Å². The van der Waals surface area contributed by atoms with Crippen molar-refractivity contribution < 1.29 is 22.4 Å². The Balaban J connectivity index is 1.78. The lowest BCUT2D eigenvalue weighted by atomic mass is 10.2. The van der Waals surface area contributed by atoms with Crippen LogP contribution in [0, 0.1) is 0 Å². The summed E-state index contributed by atoms with van der Waals surface area (Å²) >= 11 is 0. The summed E-state index contributed by atoms with van der Waals surface area (Å²) in [4.78, 5) is 12.6. The molecule has 0 aliphatic carbocycles. The Morgan fingerprint density at radius 2 is 1.69 bits per heavy atom. The quantitative estimate of drug-likeness (QED) is 0.484. The van der Waals surface area contributed by atoms with Gasteiger partial charge in [-0.05, 0) is 42.3 Å². The molecule has 2 aromatic carbocycles. The van der Waals surface area contributed by atoms with Crippen LogP contribution in [0.25, 0.3) is 0 Å². The van der Waals surface area contributed by atoms with E-state index in [0.717, 1.165) is 12.0 Å². The molecule has 5 nitrogen and oxygen atoms in total. The van der Waals surface area contributed by atoms with E-state index in [0.29, 0.717) is 5.75 Å². The molecule has 0 unspecified atom stereocenters. The number of aryl methyl sites for hydroxylation is 1. The first-order valence-corrected chi connectivity index (χ1v) is 9.80. The first-order chi connectivity index (χ1) is 12.5. The number of carbonyl (C=O) groups excluding carboxylic acids is 1. The van der Waals surface area contributed by atoms with E-state index >= 15 is 0 Å². The van der Waals surface area contributed by atoms with Crippen LogP contribution in [0.2, 0.25) is 0 Å². The molecule has 0 aliphatic rings. The highest BCUT2D eigenvalue weighted by Gasteiger charge is 2.23. The molecule has 0 saturated carbocycles. The smallest absolute Gasteiger partial charge is 0.379 e. The third-order valence-electron chi connectivity index (χ3n) is 3.92. The van der Waals surface area contributed by atoms with Gasteiger partial charge in [-0.2, -0.15) is 0 Å². The van der Waals surface area contributed by atoms with E-state index in [9.17, 15) is 13.2 Å². The lowest BCUT2D eigenvalue weighted by Crippen LogP contribution is -2.12. The molecule has 0 radical (unpaired) electrons. The fourth-order valence-corrected chi connectivity index (χ4v) is 3.87. The Bertz CT molecular complexity index is 986. The number of esters is 1. The van der Waals surface area contributed by atoms with Gasteiger partial charge in [0.1, 0.15) is 5.75 Å². The number of sulfone groups is 1. The SMILES string of the molecule is CCc1ccc(OC(=O)c2occc2CS(=O)(=O)c2ccccc2)cc1. The molecule has 0 bridgehead atoms. The standard InChI is InChI=1S/C20H18O5S/c1-2-15-8-10-17(11-9-15)25-20(21)19-16(12-13-24-19)14-26(22,23)18-6-4-3-5-7-18/h3-13H,2,14H2,1H3. The number of hydrogen-bond acceptors (Lipinski definition) is 5. The van der Waals surface area contributed by atoms with Crippen LogP contribution < -0.4 is 4.74 Å². The Morgan fingerprint density at radius 3 is 2.35 bits per heavy atom. The topological polar surface area (TPSA) is 73.6 Å². The van der Waals surface area contributed by atoms with E-state index in [1.165, 1.54) is 24.5 Å². The van der Waals surface area contributed by atoms with Gasteiger partial charge in [-0.15, -0.1) is 0 Å². The summed E-state index contributed by atoms with van der Waals surface area (Å²) in [6.07, 6.45) is 2.17. The van der Waals surface area contributed by atoms with E-state index in [1.54, 1.807) is 30.3 Å². The number of hydrogen-bond donors (Lipinski definition) is 0. The molecule has 26 heavy (non-hydrogen) atoms. The van der Waals surface area contributed by atoms with Gasteiger partial charge in [-0.1, -0.05) is 37.3 Å². The van der Waals surface area contributed by atoms with Crippen molar-refractivity contribution in [1.82, 2.24) is 0 Å². The van der Waals surface area contributed by atoms with Crippen molar-refractivity contribution >= 4 is 15.8 Å². The largest absolute Gasteiger partial charge is 0.457 e. The maximum atomic E-state index is 12.5. The number of carbonyl (C=O) groups is 1. The summed E-state index contributed by atoms with van der Waals surface area (Å²) < 4.78 is 35.5. The normalized spacial score (nSPS) is 11.3. The van der Waals surface area contributed by atoms with Gasteiger partial charge in [0.2, 0.25) is 5.76 Å². The van der Waals surface area contributed by atoms with Gasteiger partial charge in [-0.3, -0.25) is 0 Å². The highest BCUT2D eigenvalue weighted by molar-refractivity contribution is 7.90. The monoisotopic (exact) mass is 370 g/mol. The van der Waals surface area contributed by atoms with Gasteiger partial charge in [-0.25, -0.2) is 13.2 Å². The van der Waals surface area contributed by atoms with E-state index in [2.05, 4.69) is 0 Å². The number of benzene rings is 2. The molecule has 6 heteroatoms. The van der Waals surface area contributed by atoms with E-state index in [-0.39, 0.29) is 22.0 Å². The molecule has 3 aromatic rings. The summed E-state index contributed by atoms with van der Waals surface area (Å²) in [6, 6.07) is 16.7. The van der Waals surface area contributed by atoms with E-state index in [1.807, 2.05) is 19.1 Å². The molecule has 0 fully saturated rings. The molecule has 0 atom stereocenters. The highest BCUT2D eigenvalue weighted by atomic mass is 32.2. The third-order valence-corrected chi connectivity index (χ3v) is 5.60. The van der Waals surface area contributed by atoms with Gasteiger partial charge in [0.25, 0.3) is 0 Å². The molecule has 0 amide bonds. The van der Waals surface area contributed by atoms with Crippen LogP contribution in [0.15, 0.2) is 76.2 Å². The second kappa shape index (κ2) is 7.58. The second-order valence-corrected chi connectivity index (χ2v) is 7.72. The molecule has 0 spiro atoms. The van der Waals surface area contributed by atoms with Crippen LogP contribution in [0.5, 0.6) is 5.75 Å². The zero-order valence-electron chi connectivity index (χ0n) is 14.2. The van der Waals surface area contributed by atoms with E-state index < -0.39 is 15.8 Å². The zero-order chi connectivity index (χ0) is 18.6. The van der Waals surface area contributed by atoms with Crippen molar-refractivity contribution in [1.29, 1.82) is 0 Å². The Labute approximate surface area is 152 Å². The maximum Gasteiger partial charge on any atom is 0.379 e. The van der Waals surface area contributed by atoms with Gasteiger partial charge in [0.05, 0.1) is 16.9 Å². The fraction of sp³-hybridized carbons (Fsp3) is 0.150. The second-order valence-electron chi connectivity index (χ2n) is 5.73. The average molecular weight is 370 g/mol. The highest BCUT2D eigenvalue weighted by Crippen LogP contribution is 2.22. The Kier molecular flexibility index (Phi) is 5.23. The third kappa shape index (κ3) is 4.03. The molecule has 0 saturated heterocycles.